The van der Waals surface area contributed by atoms with Crippen molar-refractivity contribution >= 4 is 17.7 Å². The highest BCUT2D eigenvalue weighted by Crippen LogP contribution is 2.17. The van der Waals surface area contributed by atoms with Crippen molar-refractivity contribution < 1.29 is 14.1 Å². The Hall–Kier alpha value is -2.24. The third-order valence-electron chi connectivity index (χ3n) is 1.56. The van der Waals surface area contributed by atoms with Gasteiger partial charge in [0, 0.05) is 12.1 Å². The summed E-state index contributed by atoms with van der Waals surface area (Å²) in [4.78, 5) is 20.0. The zero-order chi connectivity index (χ0) is 11.4. The standard InChI is InChI=1S/C9H7FN2O3/c10-7-3-6(1-2-9(11)13)4-8(5-7)12(14)15/h1-5H,(H2,11,13). The fourth-order valence-corrected chi connectivity index (χ4v) is 0.976. The predicted molar refractivity (Wildman–Crippen MR) is 51.3 cm³/mol. The predicted octanol–water partition coefficient (Wildman–Crippen LogP) is 1.23. The number of nitrogens with zero attached hydrogens (tertiary/aromatic N) is 1. The molecule has 0 fully saturated rings. The van der Waals surface area contributed by atoms with Crippen LogP contribution >= 0.6 is 0 Å². The van der Waals surface area contributed by atoms with Gasteiger partial charge in [-0.15, -0.1) is 0 Å². The Bertz CT molecular complexity index is 443. The van der Waals surface area contributed by atoms with Crippen LogP contribution in [0.5, 0.6) is 0 Å². The molecule has 1 rings (SSSR count). The van der Waals surface area contributed by atoms with Crippen LogP contribution in [0, 0.1) is 15.9 Å². The second kappa shape index (κ2) is 4.32. The van der Waals surface area contributed by atoms with Crippen LogP contribution < -0.4 is 5.73 Å². The lowest BCUT2D eigenvalue weighted by atomic mass is 10.2. The molecule has 0 atom stereocenters. The average Bonchev–Trinajstić information content (AvgIpc) is 2.13. The number of non-ortho nitro benzene ring substituents is 1. The largest absolute Gasteiger partial charge is 0.366 e. The lowest BCUT2D eigenvalue weighted by molar-refractivity contribution is -0.385. The molecule has 15 heavy (non-hydrogen) atoms. The number of halogens is 1. The highest BCUT2D eigenvalue weighted by molar-refractivity contribution is 5.90. The van der Waals surface area contributed by atoms with E-state index >= 15 is 0 Å². The fourth-order valence-electron chi connectivity index (χ4n) is 0.976. The minimum atomic E-state index is -0.742. The molecule has 0 spiro atoms. The second-order valence-electron chi connectivity index (χ2n) is 2.74. The lowest BCUT2D eigenvalue weighted by Gasteiger charge is -1.95. The summed E-state index contributed by atoms with van der Waals surface area (Å²) in [5.74, 6) is -1.45. The van der Waals surface area contributed by atoms with Gasteiger partial charge in [-0.2, -0.15) is 0 Å². The highest BCUT2D eigenvalue weighted by Gasteiger charge is 2.08. The van der Waals surface area contributed by atoms with Gasteiger partial charge >= 0.3 is 0 Å². The zero-order valence-corrected chi connectivity index (χ0v) is 7.51. The molecule has 1 aromatic carbocycles. The van der Waals surface area contributed by atoms with E-state index in [2.05, 4.69) is 0 Å². The zero-order valence-electron chi connectivity index (χ0n) is 7.51. The Labute approximate surface area is 84.2 Å². The van der Waals surface area contributed by atoms with E-state index in [0.717, 1.165) is 24.3 Å². The van der Waals surface area contributed by atoms with E-state index < -0.39 is 16.6 Å². The molecule has 0 radical (unpaired) electrons. The van der Waals surface area contributed by atoms with Gasteiger partial charge in [0.25, 0.3) is 5.69 Å². The number of amides is 1. The van der Waals surface area contributed by atoms with Crippen LogP contribution in [-0.4, -0.2) is 10.8 Å². The summed E-state index contributed by atoms with van der Waals surface area (Å²) in [7, 11) is 0. The smallest absolute Gasteiger partial charge is 0.272 e. The first-order chi connectivity index (χ1) is 6.99. The van der Waals surface area contributed by atoms with Crippen LogP contribution in [0.3, 0.4) is 0 Å². The SMILES string of the molecule is NC(=O)C=Cc1cc(F)cc([N+](=O)[O-])c1. The van der Waals surface area contributed by atoms with Crippen molar-refractivity contribution in [3.8, 4) is 0 Å². The summed E-state index contributed by atoms with van der Waals surface area (Å²) in [6.07, 6.45) is 2.21. The molecule has 5 nitrogen and oxygen atoms in total. The first kappa shape index (κ1) is 10.8. The maximum Gasteiger partial charge on any atom is 0.272 e. The molecule has 78 valence electrons. The Balaban J connectivity index is 3.09. The molecule has 1 amide bonds. The quantitative estimate of drug-likeness (QED) is 0.462. The summed E-state index contributed by atoms with van der Waals surface area (Å²) in [5, 5.41) is 10.4. The topological polar surface area (TPSA) is 86.2 Å². The van der Waals surface area contributed by atoms with E-state index in [1.807, 2.05) is 0 Å². The number of benzene rings is 1. The van der Waals surface area contributed by atoms with Gasteiger partial charge < -0.3 is 5.73 Å². The molecule has 0 aliphatic carbocycles. The number of rotatable bonds is 3. The maximum absolute atomic E-state index is 12.9. The number of nitro groups is 1. The van der Waals surface area contributed by atoms with Gasteiger partial charge in [-0.05, 0) is 17.7 Å². The number of hydrogen-bond donors (Lipinski definition) is 1. The van der Waals surface area contributed by atoms with E-state index in [4.69, 9.17) is 5.73 Å². The van der Waals surface area contributed by atoms with Gasteiger partial charge in [-0.25, -0.2) is 4.39 Å². The minimum absolute atomic E-state index is 0.209. The van der Waals surface area contributed by atoms with Gasteiger partial charge in [-0.1, -0.05) is 0 Å². The van der Waals surface area contributed by atoms with Crippen molar-refractivity contribution in [2.75, 3.05) is 0 Å². The number of hydrogen-bond acceptors (Lipinski definition) is 3. The molecule has 0 saturated heterocycles. The first-order valence-corrected chi connectivity index (χ1v) is 3.91. The summed E-state index contributed by atoms with van der Waals surface area (Å²) in [6.45, 7) is 0. The fraction of sp³-hybridized carbons (Fsp3) is 0. The number of carbonyl (C=O) groups excluding carboxylic acids is 1. The Morgan fingerprint density at radius 1 is 1.47 bits per heavy atom. The number of nitro benzene ring substituents is 1. The molecule has 1 aromatic rings. The molecule has 0 aliphatic rings. The van der Waals surface area contributed by atoms with Crippen LogP contribution in [0.15, 0.2) is 24.3 Å². The molecular weight excluding hydrogens is 203 g/mol. The average molecular weight is 210 g/mol. The first-order valence-electron chi connectivity index (χ1n) is 3.91. The molecule has 2 N–H and O–H groups in total. The number of nitrogens with two attached hydrogens (primary N) is 1. The van der Waals surface area contributed by atoms with Crippen molar-refractivity contribution in [2.45, 2.75) is 0 Å². The third kappa shape index (κ3) is 3.18. The van der Waals surface area contributed by atoms with E-state index in [1.54, 1.807) is 0 Å². The van der Waals surface area contributed by atoms with Crippen LogP contribution in [-0.2, 0) is 4.79 Å². The van der Waals surface area contributed by atoms with Crippen LogP contribution in [0.25, 0.3) is 6.08 Å². The van der Waals surface area contributed by atoms with E-state index in [9.17, 15) is 19.3 Å². The second-order valence-corrected chi connectivity index (χ2v) is 2.74. The van der Waals surface area contributed by atoms with Crippen molar-refractivity contribution in [1.82, 2.24) is 0 Å². The van der Waals surface area contributed by atoms with E-state index in [-0.39, 0.29) is 11.3 Å². The molecular formula is C9H7FN2O3. The molecule has 0 aliphatic heterocycles. The molecule has 0 heterocycles. The number of primary amides is 1. The monoisotopic (exact) mass is 210 g/mol. The molecule has 0 aromatic heterocycles. The van der Waals surface area contributed by atoms with Gasteiger partial charge in [0.15, 0.2) is 0 Å². The normalized spacial score (nSPS) is 10.5. The Kier molecular flexibility index (Phi) is 3.12. The summed E-state index contributed by atoms with van der Waals surface area (Å²) in [5.41, 5.74) is 4.66. The van der Waals surface area contributed by atoms with E-state index in [0.29, 0.717) is 0 Å². The Morgan fingerprint density at radius 3 is 2.67 bits per heavy atom. The van der Waals surface area contributed by atoms with Gasteiger partial charge in [0.05, 0.1) is 11.0 Å². The minimum Gasteiger partial charge on any atom is -0.366 e. The summed E-state index contributed by atoms with van der Waals surface area (Å²) < 4.78 is 12.9. The highest BCUT2D eigenvalue weighted by atomic mass is 19.1. The summed E-state index contributed by atoms with van der Waals surface area (Å²) >= 11 is 0. The van der Waals surface area contributed by atoms with Crippen LogP contribution in [0.4, 0.5) is 10.1 Å². The third-order valence-corrected chi connectivity index (χ3v) is 1.56. The van der Waals surface area contributed by atoms with Gasteiger partial charge in [-0.3, -0.25) is 14.9 Å². The van der Waals surface area contributed by atoms with E-state index in [1.165, 1.54) is 6.08 Å². The van der Waals surface area contributed by atoms with Crippen molar-refractivity contribution in [2.24, 2.45) is 5.73 Å². The molecule has 6 heteroatoms. The van der Waals surface area contributed by atoms with Crippen molar-refractivity contribution in [3.05, 3.63) is 45.8 Å². The van der Waals surface area contributed by atoms with Gasteiger partial charge in [0.1, 0.15) is 5.82 Å². The number of carbonyl (C=O) groups is 1. The molecule has 0 bridgehead atoms. The lowest BCUT2D eigenvalue weighted by Crippen LogP contribution is -2.05. The summed E-state index contributed by atoms with van der Waals surface area (Å²) in [6, 6.07) is 3.00. The Morgan fingerprint density at radius 2 is 2.13 bits per heavy atom. The maximum atomic E-state index is 12.9. The molecule has 0 unspecified atom stereocenters. The van der Waals surface area contributed by atoms with Crippen molar-refractivity contribution in [3.63, 3.8) is 0 Å². The van der Waals surface area contributed by atoms with Gasteiger partial charge in [0.2, 0.25) is 5.91 Å². The molecule has 0 saturated carbocycles. The van der Waals surface area contributed by atoms with Crippen molar-refractivity contribution in [1.29, 1.82) is 0 Å². The van der Waals surface area contributed by atoms with Crippen LogP contribution in [0.2, 0.25) is 0 Å². The van der Waals surface area contributed by atoms with Crippen LogP contribution in [0.1, 0.15) is 5.56 Å².